The van der Waals surface area contributed by atoms with Gasteiger partial charge in [-0.1, -0.05) is 54.6 Å². The lowest BCUT2D eigenvalue weighted by atomic mass is 9.98. The van der Waals surface area contributed by atoms with Crippen molar-refractivity contribution in [3.8, 4) is 5.75 Å². The molecule has 0 spiro atoms. The number of benzene rings is 3. The minimum absolute atomic E-state index is 0.0126. The van der Waals surface area contributed by atoms with Gasteiger partial charge in [-0.25, -0.2) is 0 Å². The highest BCUT2D eigenvalue weighted by atomic mass is 19.4. The van der Waals surface area contributed by atoms with E-state index >= 15 is 0 Å². The number of amides is 1. The maximum Gasteiger partial charge on any atom is 0.416 e. The highest BCUT2D eigenvalue weighted by Crippen LogP contribution is 2.32. The predicted octanol–water partition coefficient (Wildman–Crippen LogP) is 7.07. The van der Waals surface area contributed by atoms with Gasteiger partial charge in [0.05, 0.1) is 11.5 Å². The van der Waals surface area contributed by atoms with E-state index in [4.69, 9.17) is 4.74 Å². The van der Waals surface area contributed by atoms with Crippen LogP contribution in [0.15, 0.2) is 78.9 Å². The van der Waals surface area contributed by atoms with Gasteiger partial charge in [0.2, 0.25) is 5.91 Å². The fraction of sp³-hybridized carbons (Fsp3) is 0.387. The molecule has 1 fully saturated rings. The van der Waals surface area contributed by atoms with E-state index in [9.17, 15) is 18.0 Å². The second-order valence-corrected chi connectivity index (χ2v) is 10.0. The summed E-state index contributed by atoms with van der Waals surface area (Å²) >= 11 is 0. The van der Waals surface area contributed by atoms with Crippen molar-refractivity contribution in [3.05, 3.63) is 101 Å². The van der Waals surface area contributed by atoms with Crippen molar-refractivity contribution in [1.82, 2.24) is 9.80 Å². The molecular weight excluding hydrogens is 489 g/mol. The van der Waals surface area contributed by atoms with E-state index in [1.54, 1.807) is 11.9 Å². The standard InChI is InChI=1S/C31H35F3N2O2/c1-23(25-12-10-24(11-13-25)22-36-19-6-7-20-36)30(37)35(2)21-18-29(26-8-4-3-5-9-26)38-28-16-14-27(15-17-28)31(32,33)34/h3-5,8-17,23,29H,6-7,18-22H2,1-2H3. The minimum atomic E-state index is -4.40. The topological polar surface area (TPSA) is 32.8 Å². The molecule has 0 N–H and O–H groups in total. The van der Waals surface area contributed by atoms with Crippen LogP contribution in [0.5, 0.6) is 5.75 Å². The zero-order valence-corrected chi connectivity index (χ0v) is 22.0. The summed E-state index contributed by atoms with van der Waals surface area (Å²) in [6.45, 7) is 5.60. The third-order valence-electron chi connectivity index (χ3n) is 7.19. The zero-order valence-electron chi connectivity index (χ0n) is 22.0. The monoisotopic (exact) mass is 524 g/mol. The molecule has 3 aromatic rings. The van der Waals surface area contributed by atoms with Crippen LogP contribution in [0.25, 0.3) is 0 Å². The van der Waals surface area contributed by atoms with Crippen LogP contribution < -0.4 is 4.74 Å². The highest BCUT2D eigenvalue weighted by molar-refractivity contribution is 5.83. The summed E-state index contributed by atoms with van der Waals surface area (Å²) in [6.07, 6.45) is -1.80. The molecule has 2 atom stereocenters. The van der Waals surface area contributed by atoms with Crippen LogP contribution in [-0.4, -0.2) is 42.4 Å². The Morgan fingerprint density at radius 3 is 2.16 bits per heavy atom. The largest absolute Gasteiger partial charge is 0.486 e. The molecule has 4 rings (SSSR count). The van der Waals surface area contributed by atoms with Gasteiger partial charge in [0.15, 0.2) is 0 Å². The van der Waals surface area contributed by atoms with Gasteiger partial charge in [-0.05, 0) is 73.8 Å². The van der Waals surface area contributed by atoms with Crippen LogP contribution in [0.4, 0.5) is 13.2 Å². The fourth-order valence-corrected chi connectivity index (χ4v) is 4.85. The lowest BCUT2D eigenvalue weighted by Crippen LogP contribution is -2.32. The number of carbonyl (C=O) groups excluding carboxylic acids is 1. The van der Waals surface area contributed by atoms with Crippen molar-refractivity contribution < 1.29 is 22.7 Å². The fourth-order valence-electron chi connectivity index (χ4n) is 4.85. The van der Waals surface area contributed by atoms with E-state index < -0.39 is 17.8 Å². The molecule has 0 bridgehead atoms. The Kier molecular flexibility index (Phi) is 9.10. The maximum atomic E-state index is 13.2. The van der Waals surface area contributed by atoms with Crippen molar-refractivity contribution >= 4 is 5.91 Å². The van der Waals surface area contributed by atoms with E-state index in [0.717, 1.165) is 42.9 Å². The smallest absolute Gasteiger partial charge is 0.416 e. The molecule has 1 amide bonds. The number of likely N-dealkylation sites (tertiary alicyclic amines) is 1. The number of rotatable bonds is 10. The first-order valence-electron chi connectivity index (χ1n) is 13.2. The van der Waals surface area contributed by atoms with Gasteiger partial charge in [0, 0.05) is 26.6 Å². The van der Waals surface area contributed by atoms with E-state index in [1.165, 1.54) is 30.5 Å². The quantitative estimate of drug-likeness (QED) is 0.284. The van der Waals surface area contributed by atoms with E-state index in [1.807, 2.05) is 49.4 Å². The Hall–Kier alpha value is -3.32. The molecule has 0 saturated carbocycles. The summed E-state index contributed by atoms with van der Waals surface area (Å²) in [7, 11) is 1.78. The Morgan fingerprint density at radius 1 is 0.921 bits per heavy atom. The lowest BCUT2D eigenvalue weighted by molar-refractivity contribution is -0.137. The average Bonchev–Trinajstić information content (AvgIpc) is 3.44. The Labute approximate surface area is 223 Å². The van der Waals surface area contributed by atoms with Crippen LogP contribution in [0, 0.1) is 0 Å². The third kappa shape index (κ3) is 7.38. The molecule has 1 saturated heterocycles. The average molecular weight is 525 g/mol. The first-order valence-corrected chi connectivity index (χ1v) is 13.2. The second kappa shape index (κ2) is 12.5. The molecule has 0 aliphatic carbocycles. The summed E-state index contributed by atoms with van der Waals surface area (Å²) in [6, 6.07) is 22.5. The maximum absolute atomic E-state index is 13.2. The van der Waals surface area contributed by atoms with Crippen molar-refractivity contribution in [3.63, 3.8) is 0 Å². The molecule has 1 heterocycles. The number of halogens is 3. The van der Waals surface area contributed by atoms with Crippen LogP contribution in [0.3, 0.4) is 0 Å². The van der Waals surface area contributed by atoms with Crippen LogP contribution in [-0.2, 0) is 17.5 Å². The van der Waals surface area contributed by atoms with Gasteiger partial charge >= 0.3 is 6.18 Å². The molecular formula is C31H35F3N2O2. The SMILES string of the molecule is CC(C(=O)N(C)CCC(Oc1ccc(C(F)(F)F)cc1)c1ccccc1)c1ccc(CN2CCCC2)cc1. The van der Waals surface area contributed by atoms with Gasteiger partial charge in [0.25, 0.3) is 0 Å². The Balaban J connectivity index is 1.37. The molecule has 1 aliphatic heterocycles. The van der Waals surface area contributed by atoms with E-state index in [2.05, 4.69) is 17.0 Å². The molecule has 0 aromatic heterocycles. The molecule has 7 heteroatoms. The molecule has 4 nitrogen and oxygen atoms in total. The van der Waals surface area contributed by atoms with Gasteiger partial charge in [-0.15, -0.1) is 0 Å². The summed E-state index contributed by atoms with van der Waals surface area (Å²) < 4.78 is 44.9. The number of likely N-dealkylation sites (N-methyl/N-ethyl adjacent to an activating group) is 1. The van der Waals surface area contributed by atoms with E-state index in [0.29, 0.717) is 18.7 Å². The van der Waals surface area contributed by atoms with Crippen molar-refractivity contribution in [2.45, 2.75) is 50.9 Å². The first-order chi connectivity index (χ1) is 18.2. The third-order valence-corrected chi connectivity index (χ3v) is 7.19. The molecule has 1 aliphatic rings. The number of hydrogen-bond acceptors (Lipinski definition) is 3. The summed E-state index contributed by atoms with van der Waals surface area (Å²) in [5.74, 6) is 0.0775. The first kappa shape index (κ1) is 27.7. The number of carbonyl (C=O) groups is 1. The Morgan fingerprint density at radius 2 is 1.55 bits per heavy atom. The van der Waals surface area contributed by atoms with Gasteiger partial charge in [-0.2, -0.15) is 13.2 Å². The van der Waals surface area contributed by atoms with Crippen LogP contribution >= 0.6 is 0 Å². The molecule has 202 valence electrons. The predicted molar refractivity (Wildman–Crippen MR) is 143 cm³/mol. The molecule has 3 aromatic carbocycles. The second-order valence-electron chi connectivity index (χ2n) is 10.0. The van der Waals surface area contributed by atoms with Crippen molar-refractivity contribution in [2.75, 3.05) is 26.7 Å². The number of alkyl halides is 3. The van der Waals surface area contributed by atoms with Crippen LogP contribution in [0.1, 0.15) is 60.5 Å². The summed E-state index contributed by atoms with van der Waals surface area (Å²) in [5, 5.41) is 0. The lowest BCUT2D eigenvalue weighted by Gasteiger charge is -2.25. The Bertz CT molecular complexity index is 1160. The zero-order chi connectivity index (χ0) is 27.1. The van der Waals surface area contributed by atoms with Crippen molar-refractivity contribution in [2.24, 2.45) is 0 Å². The highest BCUT2D eigenvalue weighted by Gasteiger charge is 2.30. The van der Waals surface area contributed by atoms with E-state index in [-0.39, 0.29) is 11.8 Å². The van der Waals surface area contributed by atoms with Gasteiger partial charge < -0.3 is 9.64 Å². The minimum Gasteiger partial charge on any atom is -0.486 e. The normalized spacial score (nSPS) is 15.7. The number of nitrogens with zero attached hydrogens (tertiary/aromatic N) is 2. The van der Waals surface area contributed by atoms with Crippen molar-refractivity contribution in [1.29, 1.82) is 0 Å². The summed E-state index contributed by atoms with van der Waals surface area (Å²) in [4.78, 5) is 17.4. The number of hydrogen-bond donors (Lipinski definition) is 0. The summed E-state index contributed by atoms with van der Waals surface area (Å²) in [5.41, 5.74) is 2.42. The molecule has 38 heavy (non-hydrogen) atoms. The van der Waals surface area contributed by atoms with Gasteiger partial charge in [-0.3, -0.25) is 9.69 Å². The number of ether oxygens (including phenoxy) is 1. The van der Waals surface area contributed by atoms with Crippen LogP contribution in [0.2, 0.25) is 0 Å². The molecule has 0 radical (unpaired) electrons. The molecule has 2 unspecified atom stereocenters. The van der Waals surface area contributed by atoms with Gasteiger partial charge in [0.1, 0.15) is 11.9 Å².